The molecule has 1 N–H and O–H groups in total. The van der Waals surface area contributed by atoms with Gasteiger partial charge in [0.1, 0.15) is 12.4 Å². The van der Waals surface area contributed by atoms with Crippen LogP contribution in [0.15, 0.2) is 53.1 Å². The van der Waals surface area contributed by atoms with Crippen LogP contribution >= 0.6 is 0 Å². The molecule has 0 saturated heterocycles. The highest BCUT2D eigenvalue weighted by Crippen LogP contribution is 2.16. The summed E-state index contributed by atoms with van der Waals surface area (Å²) < 4.78 is 10.9. The first-order valence-corrected chi connectivity index (χ1v) is 8.44. The molecule has 6 nitrogen and oxygen atoms in total. The standard InChI is InChI=1S/C20H20N4O2/c1-15-23-20(26-24-15)9-10-22-13-16-5-4-8-19(11-16)25-14-18-7-3-2-6-17(18)12-21/h2-8,11,22H,9-10,13-14H2,1H3. The van der Waals surface area contributed by atoms with E-state index in [9.17, 15) is 0 Å². The van der Waals surface area contributed by atoms with Gasteiger partial charge in [0.05, 0.1) is 11.6 Å². The topological polar surface area (TPSA) is 84.0 Å². The largest absolute Gasteiger partial charge is 0.489 e. The zero-order valence-corrected chi connectivity index (χ0v) is 14.6. The van der Waals surface area contributed by atoms with Crippen molar-refractivity contribution in [3.05, 3.63) is 76.9 Å². The Morgan fingerprint density at radius 1 is 1.19 bits per heavy atom. The molecule has 26 heavy (non-hydrogen) atoms. The van der Waals surface area contributed by atoms with Crippen molar-refractivity contribution in [3.63, 3.8) is 0 Å². The molecule has 0 spiro atoms. The van der Waals surface area contributed by atoms with Gasteiger partial charge in [-0.15, -0.1) is 0 Å². The van der Waals surface area contributed by atoms with Crippen LogP contribution in [0.25, 0.3) is 0 Å². The minimum absolute atomic E-state index is 0.372. The molecular weight excluding hydrogens is 328 g/mol. The lowest BCUT2D eigenvalue weighted by atomic mass is 10.1. The molecule has 0 saturated carbocycles. The number of ether oxygens (including phenoxy) is 1. The zero-order valence-electron chi connectivity index (χ0n) is 14.6. The van der Waals surface area contributed by atoms with E-state index in [-0.39, 0.29) is 0 Å². The lowest BCUT2D eigenvalue weighted by Crippen LogP contribution is -2.16. The number of aromatic nitrogens is 2. The summed E-state index contributed by atoms with van der Waals surface area (Å²) in [5.74, 6) is 2.08. The second kappa shape index (κ2) is 8.79. The molecule has 6 heteroatoms. The third kappa shape index (κ3) is 4.91. The lowest BCUT2D eigenvalue weighted by Gasteiger charge is -2.09. The maximum absolute atomic E-state index is 9.14. The SMILES string of the molecule is Cc1noc(CCNCc2cccc(OCc3ccccc3C#N)c2)n1. The molecule has 0 radical (unpaired) electrons. The van der Waals surface area contributed by atoms with E-state index in [1.165, 1.54) is 0 Å². The van der Waals surface area contributed by atoms with E-state index >= 15 is 0 Å². The fourth-order valence-corrected chi connectivity index (χ4v) is 2.53. The lowest BCUT2D eigenvalue weighted by molar-refractivity contribution is 0.305. The van der Waals surface area contributed by atoms with Gasteiger partial charge in [-0.1, -0.05) is 35.5 Å². The Morgan fingerprint density at radius 2 is 2.08 bits per heavy atom. The minimum atomic E-state index is 0.372. The number of nitrogens with zero attached hydrogens (tertiary/aromatic N) is 3. The molecule has 2 aromatic carbocycles. The zero-order chi connectivity index (χ0) is 18.2. The number of hydrogen-bond donors (Lipinski definition) is 1. The average Bonchev–Trinajstić information content (AvgIpc) is 3.09. The normalized spacial score (nSPS) is 10.5. The second-order valence-corrected chi connectivity index (χ2v) is 5.87. The summed E-state index contributed by atoms with van der Waals surface area (Å²) in [7, 11) is 0. The van der Waals surface area contributed by atoms with E-state index in [0.29, 0.717) is 30.3 Å². The first-order chi connectivity index (χ1) is 12.7. The van der Waals surface area contributed by atoms with Crippen molar-refractivity contribution >= 4 is 0 Å². The summed E-state index contributed by atoms with van der Waals surface area (Å²) in [5, 5.41) is 16.3. The molecule has 3 aromatic rings. The van der Waals surface area contributed by atoms with Crippen molar-refractivity contribution in [2.24, 2.45) is 0 Å². The summed E-state index contributed by atoms with van der Waals surface area (Å²) in [4.78, 5) is 4.18. The average molecular weight is 348 g/mol. The highest BCUT2D eigenvalue weighted by atomic mass is 16.5. The fraction of sp³-hybridized carbons (Fsp3) is 0.250. The molecule has 0 fully saturated rings. The van der Waals surface area contributed by atoms with Gasteiger partial charge in [0, 0.05) is 25.1 Å². The number of benzene rings is 2. The van der Waals surface area contributed by atoms with Crippen LogP contribution in [0, 0.1) is 18.3 Å². The maximum atomic E-state index is 9.14. The van der Waals surface area contributed by atoms with Crippen LogP contribution in [-0.4, -0.2) is 16.7 Å². The van der Waals surface area contributed by atoms with Crippen LogP contribution in [0.5, 0.6) is 5.75 Å². The van der Waals surface area contributed by atoms with Crippen molar-refractivity contribution in [3.8, 4) is 11.8 Å². The smallest absolute Gasteiger partial charge is 0.227 e. The number of hydrogen-bond acceptors (Lipinski definition) is 6. The molecule has 0 atom stereocenters. The van der Waals surface area contributed by atoms with E-state index in [1.54, 1.807) is 13.0 Å². The number of nitrogens with one attached hydrogen (secondary N) is 1. The Bertz CT molecular complexity index is 899. The van der Waals surface area contributed by atoms with Crippen LogP contribution < -0.4 is 10.1 Å². The van der Waals surface area contributed by atoms with Crippen LogP contribution in [-0.2, 0) is 19.6 Å². The van der Waals surface area contributed by atoms with Crippen molar-refractivity contribution in [2.75, 3.05) is 6.54 Å². The molecule has 1 heterocycles. The van der Waals surface area contributed by atoms with Gasteiger partial charge >= 0.3 is 0 Å². The molecular formula is C20H20N4O2. The highest BCUT2D eigenvalue weighted by Gasteiger charge is 2.04. The predicted octanol–water partition coefficient (Wildman–Crippen LogP) is 3.16. The third-order valence-corrected chi connectivity index (χ3v) is 3.85. The first-order valence-electron chi connectivity index (χ1n) is 8.44. The van der Waals surface area contributed by atoms with Gasteiger partial charge in [-0.05, 0) is 30.7 Å². The Balaban J connectivity index is 1.49. The maximum Gasteiger partial charge on any atom is 0.227 e. The van der Waals surface area contributed by atoms with Gasteiger partial charge < -0.3 is 14.6 Å². The monoisotopic (exact) mass is 348 g/mol. The molecule has 0 unspecified atom stereocenters. The minimum Gasteiger partial charge on any atom is -0.489 e. The molecule has 0 amide bonds. The first kappa shape index (κ1) is 17.6. The molecule has 132 valence electrons. The van der Waals surface area contributed by atoms with E-state index in [1.807, 2.05) is 42.5 Å². The van der Waals surface area contributed by atoms with Gasteiger partial charge in [-0.3, -0.25) is 0 Å². The van der Waals surface area contributed by atoms with Gasteiger partial charge in [0.15, 0.2) is 5.82 Å². The van der Waals surface area contributed by atoms with Crippen LogP contribution in [0.3, 0.4) is 0 Å². The molecule has 3 rings (SSSR count). The highest BCUT2D eigenvalue weighted by molar-refractivity contribution is 5.37. The van der Waals surface area contributed by atoms with E-state index in [0.717, 1.165) is 30.0 Å². The van der Waals surface area contributed by atoms with Crippen LogP contribution in [0.2, 0.25) is 0 Å². The Kier molecular flexibility index (Phi) is 5.96. The third-order valence-electron chi connectivity index (χ3n) is 3.85. The molecule has 0 bridgehead atoms. The van der Waals surface area contributed by atoms with E-state index < -0.39 is 0 Å². The summed E-state index contributed by atoms with van der Waals surface area (Å²) in [6.07, 6.45) is 0.696. The van der Waals surface area contributed by atoms with Crippen LogP contribution in [0.1, 0.15) is 28.4 Å². The summed E-state index contributed by atoms with van der Waals surface area (Å²) in [6.45, 7) is 3.65. The van der Waals surface area contributed by atoms with E-state index in [4.69, 9.17) is 14.5 Å². The summed E-state index contributed by atoms with van der Waals surface area (Å²) in [5.41, 5.74) is 2.65. The van der Waals surface area contributed by atoms with Gasteiger partial charge in [0.25, 0.3) is 0 Å². The van der Waals surface area contributed by atoms with E-state index in [2.05, 4.69) is 21.5 Å². The fourth-order valence-electron chi connectivity index (χ4n) is 2.53. The molecule has 0 aliphatic carbocycles. The number of aryl methyl sites for hydroxylation is 1. The van der Waals surface area contributed by atoms with Crippen molar-refractivity contribution in [1.29, 1.82) is 5.26 Å². The molecule has 0 aliphatic rings. The summed E-state index contributed by atoms with van der Waals surface area (Å²) >= 11 is 0. The predicted molar refractivity (Wildman–Crippen MR) is 96.4 cm³/mol. The van der Waals surface area contributed by atoms with Gasteiger partial charge in [0.2, 0.25) is 5.89 Å². The van der Waals surface area contributed by atoms with Crippen molar-refractivity contribution in [1.82, 2.24) is 15.5 Å². The Hall–Kier alpha value is -3.17. The number of rotatable bonds is 8. The molecule has 1 aromatic heterocycles. The summed E-state index contributed by atoms with van der Waals surface area (Å²) in [6, 6.07) is 17.6. The number of nitriles is 1. The Labute approximate surface area is 152 Å². The van der Waals surface area contributed by atoms with Crippen molar-refractivity contribution in [2.45, 2.75) is 26.5 Å². The second-order valence-electron chi connectivity index (χ2n) is 5.87. The Morgan fingerprint density at radius 3 is 2.88 bits per heavy atom. The quantitative estimate of drug-likeness (QED) is 0.630. The van der Waals surface area contributed by atoms with Crippen molar-refractivity contribution < 1.29 is 9.26 Å². The molecule has 0 aliphatic heterocycles. The van der Waals surface area contributed by atoms with Gasteiger partial charge in [-0.25, -0.2) is 0 Å². The van der Waals surface area contributed by atoms with Crippen LogP contribution in [0.4, 0.5) is 0 Å². The van der Waals surface area contributed by atoms with Gasteiger partial charge in [-0.2, -0.15) is 10.2 Å².